The first kappa shape index (κ1) is 16.2. The van der Waals surface area contributed by atoms with Crippen LogP contribution in [0.15, 0.2) is 24.3 Å². The van der Waals surface area contributed by atoms with E-state index in [2.05, 4.69) is 0 Å². The van der Waals surface area contributed by atoms with E-state index in [-0.39, 0.29) is 17.4 Å². The largest absolute Gasteiger partial charge is 0.481 e. The van der Waals surface area contributed by atoms with Gasteiger partial charge in [-0.2, -0.15) is 0 Å². The maximum atomic E-state index is 13.0. The number of halogens is 2. The summed E-state index contributed by atoms with van der Waals surface area (Å²) in [5.74, 6) is -1.65. The van der Waals surface area contributed by atoms with Crippen LogP contribution in [0.1, 0.15) is 18.4 Å². The van der Waals surface area contributed by atoms with Crippen LogP contribution < -0.4 is 0 Å². The van der Waals surface area contributed by atoms with Gasteiger partial charge in [0.15, 0.2) is 0 Å². The normalized spacial score (nSPS) is 10.8. The van der Waals surface area contributed by atoms with Crippen LogP contribution >= 0.6 is 11.6 Å². The molecule has 0 aliphatic rings. The summed E-state index contributed by atoms with van der Waals surface area (Å²) in [5, 5.41) is 8.50. The van der Waals surface area contributed by atoms with E-state index in [4.69, 9.17) is 16.7 Å². The Balaban J connectivity index is 2.53. The zero-order valence-electron chi connectivity index (χ0n) is 11.0. The molecule has 1 aromatic carbocycles. The molecule has 1 aromatic rings. The fourth-order valence-corrected chi connectivity index (χ4v) is 1.68. The van der Waals surface area contributed by atoms with Gasteiger partial charge in [-0.3, -0.25) is 9.59 Å². The minimum Gasteiger partial charge on any atom is -0.481 e. The summed E-state index contributed by atoms with van der Waals surface area (Å²) in [6, 6.07) is 4.16. The van der Waals surface area contributed by atoms with E-state index in [0.29, 0.717) is 18.5 Å². The molecule has 0 bridgehead atoms. The first-order valence-electron chi connectivity index (χ1n) is 6.00. The van der Waals surface area contributed by atoms with Crippen molar-refractivity contribution in [3.05, 3.63) is 40.7 Å². The molecule has 0 saturated carbocycles. The number of aliphatic carboxylic acids is 1. The molecule has 108 valence electrons. The van der Waals surface area contributed by atoms with Crippen molar-refractivity contribution in [2.75, 3.05) is 13.6 Å². The Morgan fingerprint density at radius 3 is 2.75 bits per heavy atom. The molecule has 0 atom stereocenters. The quantitative estimate of drug-likeness (QED) is 0.822. The molecule has 20 heavy (non-hydrogen) atoms. The van der Waals surface area contributed by atoms with Gasteiger partial charge >= 0.3 is 5.97 Å². The van der Waals surface area contributed by atoms with Crippen LogP contribution in [0.25, 0.3) is 6.08 Å². The Morgan fingerprint density at radius 1 is 1.45 bits per heavy atom. The molecule has 1 rings (SSSR count). The van der Waals surface area contributed by atoms with Crippen LogP contribution in [0.2, 0.25) is 5.02 Å². The van der Waals surface area contributed by atoms with E-state index in [1.54, 1.807) is 7.05 Å². The van der Waals surface area contributed by atoms with Crippen LogP contribution in [0.4, 0.5) is 4.39 Å². The molecule has 0 spiro atoms. The second kappa shape index (κ2) is 7.65. The van der Waals surface area contributed by atoms with Gasteiger partial charge in [-0.05, 0) is 30.2 Å². The lowest BCUT2D eigenvalue weighted by molar-refractivity contribution is -0.137. The molecular formula is C14H15ClFNO3. The number of carbonyl (C=O) groups excluding carboxylic acids is 1. The molecule has 6 heteroatoms. The molecule has 4 nitrogen and oxygen atoms in total. The molecular weight excluding hydrogens is 285 g/mol. The van der Waals surface area contributed by atoms with Gasteiger partial charge in [-0.15, -0.1) is 0 Å². The zero-order valence-corrected chi connectivity index (χ0v) is 11.7. The van der Waals surface area contributed by atoms with E-state index in [9.17, 15) is 14.0 Å². The standard InChI is InChI=1S/C14H15ClFNO3/c1-17(8-2-3-14(19)20)13(18)7-5-10-4-6-12(16)11(15)9-10/h4-7,9H,2-3,8H2,1H3,(H,19,20)/b7-5+. The Bertz CT molecular complexity index is 531. The van der Waals surface area contributed by atoms with Gasteiger partial charge in [0.1, 0.15) is 5.82 Å². The number of benzene rings is 1. The Kier molecular flexibility index (Phi) is 6.18. The average molecular weight is 300 g/mol. The van der Waals surface area contributed by atoms with Gasteiger partial charge in [-0.25, -0.2) is 4.39 Å². The lowest BCUT2D eigenvalue weighted by atomic mass is 10.2. The Hall–Kier alpha value is -1.88. The lowest BCUT2D eigenvalue weighted by Gasteiger charge is -2.13. The maximum Gasteiger partial charge on any atom is 0.303 e. The van der Waals surface area contributed by atoms with Gasteiger partial charge in [0.05, 0.1) is 5.02 Å². The molecule has 1 amide bonds. The number of carboxylic acid groups (broad SMARTS) is 1. The fraction of sp³-hybridized carbons (Fsp3) is 0.286. The second-order valence-electron chi connectivity index (χ2n) is 4.26. The predicted octanol–water partition coefficient (Wildman–Crippen LogP) is 2.82. The van der Waals surface area contributed by atoms with Crippen molar-refractivity contribution in [2.45, 2.75) is 12.8 Å². The molecule has 0 aromatic heterocycles. The highest BCUT2D eigenvalue weighted by Crippen LogP contribution is 2.16. The Morgan fingerprint density at radius 2 is 2.15 bits per heavy atom. The van der Waals surface area contributed by atoms with E-state index in [1.807, 2.05) is 0 Å². The molecule has 1 N–H and O–H groups in total. The number of amides is 1. The van der Waals surface area contributed by atoms with E-state index < -0.39 is 11.8 Å². The third kappa shape index (κ3) is 5.40. The minimum atomic E-state index is -0.887. The molecule has 0 unspecified atom stereocenters. The maximum absolute atomic E-state index is 13.0. The highest BCUT2D eigenvalue weighted by molar-refractivity contribution is 6.30. The highest BCUT2D eigenvalue weighted by atomic mass is 35.5. The van der Waals surface area contributed by atoms with E-state index in [1.165, 1.54) is 35.3 Å². The first-order chi connectivity index (χ1) is 9.40. The zero-order chi connectivity index (χ0) is 15.1. The summed E-state index contributed by atoms with van der Waals surface area (Å²) in [6.07, 6.45) is 3.29. The number of carbonyl (C=O) groups is 2. The van der Waals surface area contributed by atoms with Gasteiger partial charge < -0.3 is 10.0 Å². The second-order valence-corrected chi connectivity index (χ2v) is 4.67. The van der Waals surface area contributed by atoms with Crippen LogP contribution in [-0.2, 0) is 9.59 Å². The SMILES string of the molecule is CN(CCCC(=O)O)C(=O)/C=C/c1ccc(F)c(Cl)c1. The number of rotatable bonds is 6. The minimum absolute atomic E-state index is 0.00517. The van der Waals surface area contributed by atoms with E-state index in [0.717, 1.165) is 0 Å². The molecule has 0 saturated heterocycles. The number of nitrogens with zero attached hydrogens (tertiary/aromatic N) is 1. The van der Waals surface area contributed by atoms with Crippen molar-refractivity contribution in [1.82, 2.24) is 4.90 Å². The van der Waals surface area contributed by atoms with Gasteiger partial charge in [0.25, 0.3) is 0 Å². The molecule has 0 heterocycles. The first-order valence-corrected chi connectivity index (χ1v) is 6.38. The van der Waals surface area contributed by atoms with Crippen molar-refractivity contribution < 1.29 is 19.1 Å². The van der Waals surface area contributed by atoms with Crippen LogP contribution in [0, 0.1) is 5.82 Å². The number of carboxylic acids is 1. The predicted molar refractivity (Wildman–Crippen MR) is 75.0 cm³/mol. The molecule has 0 fully saturated rings. The third-order valence-electron chi connectivity index (χ3n) is 2.62. The van der Waals surface area contributed by atoms with Crippen LogP contribution in [0.5, 0.6) is 0 Å². The van der Waals surface area contributed by atoms with Gasteiger partial charge in [-0.1, -0.05) is 17.7 Å². The van der Waals surface area contributed by atoms with Crippen LogP contribution in [0.3, 0.4) is 0 Å². The monoisotopic (exact) mass is 299 g/mol. The number of hydrogen-bond acceptors (Lipinski definition) is 2. The number of likely N-dealkylation sites (N-methyl/N-ethyl adjacent to an activating group) is 1. The lowest BCUT2D eigenvalue weighted by Crippen LogP contribution is -2.26. The van der Waals surface area contributed by atoms with Gasteiger partial charge in [0, 0.05) is 26.1 Å². The summed E-state index contributed by atoms with van der Waals surface area (Å²) >= 11 is 5.63. The summed E-state index contributed by atoms with van der Waals surface area (Å²) in [5.41, 5.74) is 0.615. The Labute approximate surface area is 121 Å². The van der Waals surface area contributed by atoms with Crippen molar-refractivity contribution in [3.8, 4) is 0 Å². The van der Waals surface area contributed by atoms with Gasteiger partial charge in [0.2, 0.25) is 5.91 Å². The average Bonchev–Trinajstić information content (AvgIpc) is 2.39. The van der Waals surface area contributed by atoms with Crippen LogP contribution in [-0.4, -0.2) is 35.5 Å². The number of hydrogen-bond donors (Lipinski definition) is 1. The van der Waals surface area contributed by atoms with Crippen molar-refractivity contribution in [2.24, 2.45) is 0 Å². The molecule has 0 aliphatic heterocycles. The fourth-order valence-electron chi connectivity index (χ4n) is 1.49. The summed E-state index contributed by atoms with van der Waals surface area (Å²) < 4.78 is 13.0. The molecule has 0 radical (unpaired) electrons. The third-order valence-corrected chi connectivity index (χ3v) is 2.91. The van der Waals surface area contributed by atoms with E-state index >= 15 is 0 Å². The summed E-state index contributed by atoms with van der Waals surface area (Å²) in [7, 11) is 1.59. The summed E-state index contributed by atoms with van der Waals surface area (Å²) in [4.78, 5) is 23.5. The summed E-state index contributed by atoms with van der Waals surface area (Å²) in [6.45, 7) is 0.361. The van der Waals surface area contributed by atoms with Crippen molar-refractivity contribution in [3.63, 3.8) is 0 Å². The van der Waals surface area contributed by atoms with Crippen molar-refractivity contribution >= 4 is 29.6 Å². The topological polar surface area (TPSA) is 57.6 Å². The molecule has 0 aliphatic carbocycles. The highest BCUT2D eigenvalue weighted by Gasteiger charge is 2.06. The van der Waals surface area contributed by atoms with Crippen molar-refractivity contribution in [1.29, 1.82) is 0 Å². The smallest absolute Gasteiger partial charge is 0.303 e.